The largest absolute Gasteiger partial charge is 0.416 e. The van der Waals surface area contributed by atoms with Crippen LogP contribution in [0.4, 0.5) is 19.0 Å². The minimum Gasteiger partial charge on any atom is -0.267 e. The number of sulfonamides is 1. The Labute approximate surface area is 101 Å². The van der Waals surface area contributed by atoms with Gasteiger partial charge in [0.2, 0.25) is 10.0 Å². The van der Waals surface area contributed by atoms with E-state index in [0.29, 0.717) is 12.1 Å². The van der Waals surface area contributed by atoms with E-state index in [1.54, 1.807) is 0 Å². The summed E-state index contributed by atoms with van der Waals surface area (Å²) in [5, 5.41) is -0.436. The van der Waals surface area contributed by atoms with Gasteiger partial charge in [0, 0.05) is 0 Å². The van der Waals surface area contributed by atoms with Gasteiger partial charge < -0.3 is 0 Å². The topological polar surface area (TPSA) is 59.1 Å². The molecule has 4 nitrogen and oxygen atoms in total. The fourth-order valence-corrected chi connectivity index (χ4v) is 1.72. The van der Waals surface area contributed by atoms with E-state index in [1.807, 2.05) is 4.72 Å². The predicted octanol–water partition coefficient (Wildman–Crippen LogP) is 2.52. The van der Waals surface area contributed by atoms with Crippen LogP contribution in [0.5, 0.6) is 0 Å². The van der Waals surface area contributed by atoms with Gasteiger partial charge in [0.25, 0.3) is 0 Å². The van der Waals surface area contributed by atoms with Gasteiger partial charge in [-0.3, -0.25) is 4.72 Å². The predicted molar refractivity (Wildman–Crippen MR) is 57.3 cm³/mol. The van der Waals surface area contributed by atoms with E-state index < -0.39 is 32.7 Å². The van der Waals surface area contributed by atoms with Crippen molar-refractivity contribution in [2.45, 2.75) is 13.1 Å². The summed E-state index contributed by atoms with van der Waals surface area (Å²) in [6.07, 6.45) is -4.61. The number of nitrogens with zero attached hydrogens (tertiary/aromatic N) is 1. The highest BCUT2D eigenvalue weighted by Crippen LogP contribution is 2.32. The minimum atomic E-state index is -4.61. The van der Waals surface area contributed by atoms with Gasteiger partial charge in [-0.15, -0.1) is 0 Å². The molecule has 0 aromatic carbocycles. The van der Waals surface area contributed by atoms with Crippen LogP contribution >= 0.6 is 11.6 Å². The summed E-state index contributed by atoms with van der Waals surface area (Å²) in [7, 11) is -3.69. The van der Waals surface area contributed by atoms with Crippen molar-refractivity contribution in [1.29, 1.82) is 0 Å². The molecule has 0 aliphatic heterocycles. The Morgan fingerprint density at radius 3 is 2.47 bits per heavy atom. The Morgan fingerprint density at radius 2 is 2.00 bits per heavy atom. The fourth-order valence-electron chi connectivity index (χ4n) is 0.944. The van der Waals surface area contributed by atoms with Gasteiger partial charge in [0.1, 0.15) is 11.0 Å². The molecule has 1 aromatic rings. The summed E-state index contributed by atoms with van der Waals surface area (Å²) in [4.78, 5) is 3.46. The molecule has 1 aromatic heterocycles. The number of hydrogen-bond acceptors (Lipinski definition) is 3. The number of alkyl halides is 3. The maximum Gasteiger partial charge on any atom is 0.416 e. The fraction of sp³-hybridized carbons (Fsp3) is 0.375. The minimum absolute atomic E-state index is 0.275. The molecule has 0 aliphatic carbocycles. The second-order valence-corrected chi connectivity index (χ2v) is 5.47. The quantitative estimate of drug-likeness (QED) is 0.870. The number of rotatable bonds is 3. The van der Waals surface area contributed by atoms with Crippen LogP contribution in [0.25, 0.3) is 0 Å². The zero-order valence-electron chi connectivity index (χ0n) is 8.55. The van der Waals surface area contributed by atoms with Gasteiger partial charge >= 0.3 is 6.18 Å². The van der Waals surface area contributed by atoms with E-state index in [1.165, 1.54) is 6.92 Å². The number of nitrogens with one attached hydrogen (secondary N) is 1. The molecule has 17 heavy (non-hydrogen) atoms. The van der Waals surface area contributed by atoms with E-state index in [4.69, 9.17) is 11.6 Å². The molecular formula is C8H8ClF3N2O2S. The highest BCUT2D eigenvalue weighted by Gasteiger charge is 2.31. The molecule has 0 fully saturated rings. The van der Waals surface area contributed by atoms with Crippen LogP contribution in [0.3, 0.4) is 0 Å². The lowest BCUT2D eigenvalue weighted by molar-refractivity contribution is -0.137. The van der Waals surface area contributed by atoms with Gasteiger partial charge in [0.05, 0.1) is 11.3 Å². The van der Waals surface area contributed by atoms with Crippen molar-refractivity contribution in [3.63, 3.8) is 0 Å². The molecule has 0 amide bonds. The number of anilines is 1. The van der Waals surface area contributed by atoms with Crippen molar-refractivity contribution in [2.24, 2.45) is 0 Å². The molecule has 96 valence electrons. The lowest BCUT2D eigenvalue weighted by Gasteiger charge is -2.10. The highest BCUT2D eigenvalue weighted by molar-refractivity contribution is 7.92. The second kappa shape index (κ2) is 4.69. The van der Waals surface area contributed by atoms with E-state index >= 15 is 0 Å². The third kappa shape index (κ3) is 4.04. The van der Waals surface area contributed by atoms with E-state index in [2.05, 4.69) is 4.98 Å². The monoisotopic (exact) mass is 288 g/mol. The van der Waals surface area contributed by atoms with Crippen molar-refractivity contribution < 1.29 is 21.6 Å². The van der Waals surface area contributed by atoms with E-state index in [9.17, 15) is 21.6 Å². The van der Waals surface area contributed by atoms with Crippen LogP contribution in [-0.2, 0) is 16.2 Å². The van der Waals surface area contributed by atoms with Gasteiger partial charge in [-0.1, -0.05) is 11.6 Å². The summed E-state index contributed by atoms with van der Waals surface area (Å²) in [6.45, 7) is 1.34. The zero-order chi connectivity index (χ0) is 13.3. The molecule has 0 saturated heterocycles. The summed E-state index contributed by atoms with van der Waals surface area (Å²) in [5.74, 6) is -0.727. The van der Waals surface area contributed by atoms with Gasteiger partial charge in [0.15, 0.2) is 0 Å². The van der Waals surface area contributed by atoms with Gasteiger partial charge in [-0.2, -0.15) is 13.2 Å². The van der Waals surface area contributed by atoms with Crippen LogP contribution in [0, 0.1) is 0 Å². The molecule has 0 aliphatic rings. The Kier molecular flexibility index (Phi) is 3.88. The molecular weight excluding hydrogens is 281 g/mol. The Hall–Kier alpha value is -1.02. The first-order valence-corrected chi connectivity index (χ1v) is 6.42. The first kappa shape index (κ1) is 14.0. The molecule has 0 saturated carbocycles. The smallest absolute Gasteiger partial charge is 0.267 e. The van der Waals surface area contributed by atoms with Crippen LogP contribution < -0.4 is 4.72 Å². The maximum absolute atomic E-state index is 12.4. The van der Waals surface area contributed by atoms with Crippen LogP contribution in [-0.4, -0.2) is 19.2 Å². The molecule has 1 rings (SSSR count). The van der Waals surface area contributed by atoms with Crippen molar-refractivity contribution in [3.8, 4) is 0 Å². The molecule has 1 heterocycles. The molecule has 0 spiro atoms. The van der Waals surface area contributed by atoms with E-state index in [-0.39, 0.29) is 5.75 Å². The molecule has 9 heteroatoms. The third-order valence-electron chi connectivity index (χ3n) is 1.76. The number of aromatic nitrogens is 1. The number of hydrogen-bond donors (Lipinski definition) is 1. The molecule has 1 N–H and O–H groups in total. The van der Waals surface area contributed by atoms with Gasteiger partial charge in [-0.25, -0.2) is 13.4 Å². The number of pyridine rings is 1. The second-order valence-electron chi connectivity index (χ2n) is 3.07. The van der Waals surface area contributed by atoms with Crippen LogP contribution in [0.2, 0.25) is 5.15 Å². The first-order chi connectivity index (χ1) is 7.64. The molecule has 0 radical (unpaired) electrons. The van der Waals surface area contributed by atoms with Crippen molar-refractivity contribution in [3.05, 3.63) is 22.8 Å². The maximum atomic E-state index is 12.4. The lowest BCUT2D eigenvalue weighted by Crippen LogP contribution is -2.16. The standard InChI is InChI=1S/C8H8ClF3N2O2S/c1-2-17(15,16)14-7-4-5(8(10,11)12)3-6(9)13-7/h3-4H,2H2,1H3,(H,13,14). The van der Waals surface area contributed by atoms with Crippen molar-refractivity contribution in [2.75, 3.05) is 10.5 Å². The average molecular weight is 289 g/mol. The summed E-state index contributed by atoms with van der Waals surface area (Å²) in [6, 6.07) is 1.20. The van der Waals surface area contributed by atoms with E-state index in [0.717, 1.165) is 0 Å². The SMILES string of the molecule is CCS(=O)(=O)Nc1cc(C(F)(F)F)cc(Cl)n1. The molecule has 0 bridgehead atoms. The lowest BCUT2D eigenvalue weighted by atomic mass is 10.2. The highest BCUT2D eigenvalue weighted by atomic mass is 35.5. The summed E-state index contributed by atoms with van der Waals surface area (Å²) < 4.78 is 61.4. The van der Waals surface area contributed by atoms with Crippen LogP contribution in [0.15, 0.2) is 12.1 Å². The summed E-state index contributed by atoms with van der Waals surface area (Å²) >= 11 is 5.38. The molecule has 0 unspecified atom stereocenters. The van der Waals surface area contributed by atoms with Gasteiger partial charge in [-0.05, 0) is 19.1 Å². The van der Waals surface area contributed by atoms with Crippen molar-refractivity contribution in [1.82, 2.24) is 4.98 Å². The van der Waals surface area contributed by atoms with Crippen LogP contribution in [0.1, 0.15) is 12.5 Å². The third-order valence-corrected chi connectivity index (χ3v) is 3.24. The Balaban J connectivity index is 3.15. The zero-order valence-corrected chi connectivity index (χ0v) is 10.1. The Bertz CT molecular complexity index is 516. The summed E-state index contributed by atoms with van der Waals surface area (Å²) in [5.41, 5.74) is -1.06. The average Bonchev–Trinajstić information content (AvgIpc) is 2.14. The van der Waals surface area contributed by atoms with Crippen molar-refractivity contribution >= 4 is 27.4 Å². The Morgan fingerprint density at radius 1 is 1.41 bits per heavy atom. The number of halogens is 4. The normalized spacial score (nSPS) is 12.5. The molecule has 0 atom stereocenters. The first-order valence-electron chi connectivity index (χ1n) is 4.39.